The van der Waals surface area contributed by atoms with Gasteiger partial charge in [-0.05, 0) is 38.1 Å². The van der Waals surface area contributed by atoms with Crippen LogP contribution in [0.5, 0.6) is 0 Å². The molecular formula is C13H20ClN3O3S. The summed E-state index contributed by atoms with van der Waals surface area (Å²) in [6, 6.07) is 7.93. The van der Waals surface area contributed by atoms with Crippen LogP contribution in [0.25, 0.3) is 0 Å². The van der Waals surface area contributed by atoms with E-state index in [1.54, 1.807) is 18.2 Å². The van der Waals surface area contributed by atoms with E-state index in [9.17, 15) is 13.2 Å². The summed E-state index contributed by atoms with van der Waals surface area (Å²) in [5.74, 6) is -0.323. The summed E-state index contributed by atoms with van der Waals surface area (Å²) in [6.45, 7) is 2.70. The highest BCUT2D eigenvalue weighted by Crippen LogP contribution is 2.08. The van der Waals surface area contributed by atoms with Gasteiger partial charge in [-0.3, -0.25) is 10.2 Å². The van der Waals surface area contributed by atoms with Crippen molar-refractivity contribution in [1.82, 2.24) is 15.2 Å². The maximum Gasteiger partial charge on any atom is 0.257 e. The number of sulfonamides is 1. The molecule has 1 aromatic carbocycles. The summed E-state index contributed by atoms with van der Waals surface area (Å²) in [6.07, 6.45) is 2.63. The van der Waals surface area contributed by atoms with E-state index in [-0.39, 0.29) is 29.6 Å². The average Bonchev–Trinajstić information content (AvgIpc) is 2.97. The third kappa shape index (κ3) is 5.62. The van der Waals surface area contributed by atoms with Crippen LogP contribution in [0, 0.1) is 0 Å². The monoisotopic (exact) mass is 333 g/mol. The number of nitrogens with one attached hydrogen (secondary N) is 2. The van der Waals surface area contributed by atoms with Gasteiger partial charge in [-0.2, -0.15) is 0 Å². The molecule has 1 aromatic rings. The van der Waals surface area contributed by atoms with Gasteiger partial charge in [0.25, 0.3) is 10.0 Å². The lowest BCUT2D eigenvalue weighted by atomic mass is 10.4. The number of hydrogen-bond acceptors (Lipinski definition) is 4. The third-order valence-electron chi connectivity index (χ3n) is 3.23. The van der Waals surface area contributed by atoms with Gasteiger partial charge in [0.15, 0.2) is 0 Å². The predicted octanol–water partition coefficient (Wildman–Crippen LogP) is 0.904. The van der Waals surface area contributed by atoms with Crippen LogP contribution in [-0.4, -0.2) is 38.9 Å². The summed E-state index contributed by atoms with van der Waals surface area (Å²) in [7, 11) is -3.69. The SMILES string of the molecule is Cl.O=C(CCN1CCCC1)NNS(=O)(=O)c1ccccc1. The van der Waals surface area contributed by atoms with Crippen molar-refractivity contribution in [3.63, 3.8) is 0 Å². The first-order chi connectivity index (χ1) is 9.58. The van der Waals surface area contributed by atoms with E-state index >= 15 is 0 Å². The first kappa shape index (κ1) is 17.9. The van der Waals surface area contributed by atoms with Gasteiger partial charge in [0.1, 0.15) is 0 Å². The van der Waals surface area contributed by atoms with Gasteiger partial charge < -0.3 is 4.90 Å². The zero-order chi connectivity index (χ0) is 14.4. The fourth-order valence-corrected chi connectivity index (χ4v) is 2.99. The Bertz CT molecular complexity index is 545. The van der Waals surface area contributed by atoms with E-state index in [4.69, 9.17) is 0 Å². The minimum absolute atomic E-state index is 0. The highest BCUT2D eigenvalue weighted by molar-refractivity contribution is 7.89. The van der Waals surface area contributed by atoms with Crippen LogP contribution >= 0.6 is 12.4 Å². The quantitative estimate of drug-likeness (QED) is 0.758. The van der Waals surface area contributed by atoms with Gasteiger partial charge >= 0.3 is 0 Å². The lowest BCUT2D eigenvalue weighted by molar-refractivity contribution is -0.121. The Morgan fingerprint density at radius 2 is 1.76 bits per heavy atom. The molecule has 6 nitrogen and oxygen atoms in total. The van der Waals surface area contributed by atoms with Crippen molar-refractivity contribution in [3.8, 4) is 0 Å². The molecule has 1 aliphatic heterocycles. The molecule has 1 saturated heterocycles. The first-order valence-corrected chi connectivity index (χ1v) is 8.14. The molecule has 2 rings (SSSR count). The lowest BCUT2D eigenvalue weighted by Gasteiger charge is -2.14. The number of benzene rings is 1. The summed E-state index contributed by atoms with van der Waals surface area (Å²) in [5.41, 5.74) is 2.24. The zero-order valence-electron chi connectivity index (χ0n) is 11.6. The fraction of sp³-hybridized carbons (Fsp3) is 0.462. The van der Waals surface area contributed by atoms with Gasteiger partial charge in [0.05, 0.1) is 4.90 Å². The standard InChI is InChI=1S/C13H19N3O3S.ClH/c17-13(8-11-16-9-4-5-10-16)14-15-20(18,19)12-6-2-1-3-7-12;/h1-3,6-7,15H,4-5,8-11H2,(H,14,17);1H. The minimum Gasteiger partial charge on any atom is -0.303 e. The number of halogens is 1. The summed E-state index contributed by atoms with van der Waals surface area (Å²) < 4.78 is 23.7. The molecule has 0 saturated carbocycles. The molecule has 0 aliphatic carbocycles. The second-order valence-corrected chi connectivity index (χ2v) is 6.45. The maximum absolute atomic E-state index is 11.9. The predicted molar refractivity (Wildman–Crippen MR) is 82.4 cm³/mol. The summed E-state index contributed by atoms with van der Waals surface area (Å²) >= 11 is 0. The second kappa shape index (κ2) is 8.33. The molecule has 0 radical (unpaired) electrons. The zero-order valence-corrected chi connectivity index (χ0v) is 13.3. The summed E-state index contributed by atoms with van der Waals surface area (Å²) in [5, 5.41) is 0. The molecule has 1 heterocycles. The van der Waals surface area contributed by atoms with Crippen molar-refractivity contribution >= 4 is 28.3 Å². The second-order valence-electron chi connectivity index (χ2n) is 4.77. The van der Waals surface area contributed by atoms with E-state index in [1.807, 2.05) is 0 Å². The van der Waals surface area contributed by atoms with E-state index in [0.29, 0.717) is 6.54 Å². The molecule has 0 atom stereocenters. The minimum atomic E-state index is -3.69. The molecule has 1 amide bonds. The largest absolute Gasteiger partial charge is 0.303 e. The molecule has 2 N–H and O–H groups in total. The molecule has 0 spiro atoms. The molecule has 21 heavy (non-hydrogen) atoms. The smallest absolute Gasteiger partial charge is 0.257 e. The highest BCUT2D eigenvalue weighted by atomic mass is 35.5. The number of rotatable bonds is 6. The fourth-order valence-electron chi connectivity index (χ4n) is 2.11. The van der Waals surface area contributed by atoms with Gasteiger partial charge in [-0.25, -0.2) is 8.42 Å². The van der Waals surface area contributed by atoms with Crippen LogP contribution in [0.15, 0.2) is 35.2 Å². The number of hydrogen-bond donors (Lipinski definition) is 2. The van der Waals surface area contributed by atoms with Crippen LogP contribution in [-0.2, 0) is 14.8 Å². The number of carbonyl (C=O) groups excluding carboxylic acids is 1. The van der Waals surface area contributed by atoms with Crippen LogP contribution in [0.4, 0.5) is 0 Å². The molecule has 1 fully saturated rings. The Labute approximate surface area is 131 Å². The molecule has 0 bridgehead atoms. The molecule has 118 valence electrons. The first-order valence-electron chi connectivity index (χ1n) is 6.66. The Kier molecular flexibility index (Phi) is 7.10. The molecule has 8 heteroatoms. The average molecular weight is 334 g/mol. The normalized spacial score (nSPS) is 15.4. The molecule has 0 aromatic heterocycles. The van der Waals surface area contributed by atoms with Gasteiger partial charge in [-0.1, -0.05) is 18.2 Å². The van der Waals surface area contributed by atoms with Crippen molar-refractivity contribution in [2.45, 2.75) is 24.2 Å². The van der Waals surface area contributed by atoms with E-state index in [0.717, 1.165) is 13.1 Å². The van der Waals surface area contributed by atoms with Crippen molar-refractivity contribution in [2.75, 3.05) is 19.6 Å². The highest BCUT2D eigenvalue weighted by Gasteiger charge is 2.16. The molecule has 1 aliphatic rings. The Morgan fingerprint density at radius 1 is 1.14 bits per heavy atom. The number of amides is 1. The van der Waals surface area contributed by atoms with Crippen molar-refractivity contribution in [3.05, 3.63) is 30.3 Å². The van der Waals surface area contributed by atoms with Crippen molar-refractivity contribution in [2.24, 2.45) is 0 Å². The van der Waals surface area contributed by atoms with E-state index in [1.165, 1.54) is 25.0 Å². The third-order valence-corrected chi connectivity index (χ3v) is 4.50. The maximum atomic E-state index is 11.9. The van der Waals surface area contributed by atoms with E-state index < -0.39 is 10.0 Å². The van der Waals surface area contributed by atoms with Gasteiger partial charge in [0.2, 0.25) is 5.91 Å². The molecule has 0 unspecified atom stereocenters. The topological polar surface area (TPSA) is 78.5 Å². The number of hydrazine groups is 1. The number of nitrogens with zero attached hydrogens (tertiary/aromatic N) is 1. The van der Waals surface area contributed by atoms with Gasteiger partial charge in [0, 0.05) is 13.0 Å². The van der Waals surface area contributed by atoms with Crippen molar-refractivity contribution < 1.29 is 13.2 Å². The Morgan fingerprint density at radius 3 is 2.38 bits per heavy atom. The Hall–Kier alpha value is -1.15. The number of likely N-dealkylation sites (tertiary alicyclic amines) is 1. The molecular weight excluding hydrogens is 314 g/mol. The van der Waals surface area contributed by atoms with E-state index in [2.05, 4.69) is 15.2 Å². The van der Waals surface area contributed by atoms with Crippen LogP contribution in [0.2, 0.25) is 0 Å². The van der Waals surface area contributed by atoms with Crippen molar-refractivity contribution in [1.29, 1.82) is 0 Å². The Balaban J connectivity index is 0.00000220. The van der Waals surface area contributed by atoms with Crippen LogP contribution in [0.3, 0.4) is 0 Å². The van der Waals surface area contributed by atoms with Gasteiger partial charge in [-0.15, -0.1) is 17.2 Å². The number of carbonyl (C=O) groups is 1. The van der Waals surface area contributed by atoms with Crippen LogP contribution < -0.4 is 10.3 Å². The summed E-state index contributed by atoms with van der Waals surface area (Å²) in [4.78, 5) is 16.0. The lowest BCUT2D eigenvalue weighted by Crippen LogP contribution is -2.42. The van der Waals surface area contributed by atoms with Crippen LogP contribution in [0.1, 0.15) is 19.3 Å².